The zero-order chi connectivity index (χ0) is 8.72. The number of carboxylic acids is 1. The van der Waals surface area contributed by atoms with Crippen LogP contribution in [0.15, 0.2) is 0 Å². The van der Waals surface area contributed by atoms with Crippen molar-refractivity contribution >= 4 is 11.8 Å². The first-order valence-corrected chi connectivity index (χ1v) is 4.41. The van der Waals surface area contributed by atoms with Gasteiger partial charge in [0.2, 0.25) is 0 Å². The second kappa shape index (κ2) is 2.57. The number of aliphatic carboxylic acids is 1. The molecule has 3 nitrogen and oxygen atoms in total. The van der Waals surface area contributed by atoms with Gasteiger partial charge >= 0.3 is 5.97 Å². The van der Waals surface area contributed by atoms with Crippen molar-refractivity contribution in [2.24, 2.45) is 17.8 Å². The van der Waals surface area contributed by atoms with E-state index in [-0.39, 0.29) is 18.3 Å². The van der Waals surface area contributed by atoms with Gasteiger partial charge in [-0.25, -0.2) is 0 Å². The van der Waals surface area contributed by atoms with Gasteiger partial charge in [0.15, 0.2) is 0 Å². The zero-order valence-electron chi connectivity index (χ0n) is 6.82. The van der Waals surface area contributed by atoms with Gasteiger partial charge in [0.05, 0.1) is 0 Å². The Kier molecular flexibility index (Phi) is 1.67. The van der Waals surface area contributed by atoms with E-state index in [9.17, 15) is 9.59 Å². The standard InChI is InChI=1S/C9H12O3/c10-8-3-5-1-6(4-9(11)12)7(8)2-5/h5-7H,1-4H2,(H,11,12)/t5-,6+,7+/m1/s1. The Morgan fingerprint density at radius 2 is 2.25 bits per heavy atom. The fraction of sp³-hybridized carbons (Fsp3) is 0.778. The number of fused-ring (bicyclic) bond motifs is 2. The maximum Gasteiger partial charge on any atom is 0.303 e. The number of carboxylic acid groups (broad SMARTS) is 1. The lowest BCUT2D eigenvalue weighted by Crippen LogP contribution is -2.22. The van der Waals surface area contributed by atoms with Gasteiger partial charge in [-0.3, -0.25) is 9.59 Å². The van der Waals surface area contributed by atoms with Gasteiger partial charge in [-0.1, -0.05) is 0 Å². The Labute approximate surface area is 70.8 Å². The number of rotatable bonds is 2. The lowest BCUT2D eigenvalue weighted by Gasteiger charge is -2.18. The van der Waals surface area contributed by atoms with E-state index in [1.807, 2.05) is 0 Å². The molecule has 0 aromatic carbocycles. The van der Waals surface area contributed by atoms with Gasteiger partial charge in [0.25, 0.3) is 0 Å². The summed E-state index contributed by atoms with van der Waals surface area (Å²) in [4.78, 5) is 21.7. The Hall–Kier alpha value is -0.860. The first-order chi connectivity index (χ1) is 5.66. The highest BCUT2D eigenvalue weighted by Gasteiger charge is 2.45. The van der Waals surface area contributed by atoms with E-state index in [0.29, 0.717) is 18.1 Å². The topological polar surface area (TPSA) is 54.4 Å². The number of ketones is 1. The molecule has 0 amide bonds. The molecular formula is C9H12O3. The molecule has 2 aliphatic carbocycles. The molecule has 3 heteroatoms. The second-order valence-electron chi connectivity index (χ2n) is 3.97. The lowest BCUT2D eigenvalue weighted by molar-refractivity contribution is -0.138. The predicted molar refractivity (Wildman–Crippen MR) is 41.6 cm³/mol. The summed E-state index contributed by atoms with van der Waals surface area (Å²) in [5, 5.41) is 8.58. The maximum atomic E-state index is 11.2. The van der Waals surface area contributed by atoms with Crippen molar-refractivity contribution in [3.8, 4) is 0 Å². The molecule has 0 aliphatic heterocycles. The summed E-state index contributed by atoms with van der Waals surface area (Å²) in [6.45, 7) is 0. The number of Topliss-reactive ketones (excluding diaryl/α,β-unsaturated/α-hetero) is 1. The van der Waals surface area contributed by atoms with Gasteiger partial charge in [-0.15, -0.1) is 0 Å². The van der Waals surface area contributed by atoms with Crippen LogP contribution in [-0.4, -0.2) is 16.9 Å². The number of hydrogen-bond donors (Lipinski definition) is 1. The highest BCUT2D eigenvalue weighted by Crippen LogP contribution is 2.47. The van der Waals surface area contributed by atoms with Crippen molar-refractivity contribution in [2.45, 2.75) is 25.7 Å². The van der Waals surface area contributed by atoms with E-state index >= 15 is 0 Å². The van der Waals surface area contributed by atoms with Crippen molar-refractivity contribution in [1.29, 1.82) is 0 Å². The van der Waals surface area contributed by atoms with Crippen molar-refractivity contribution in [3.05, 3.63) is 0 Å². The van der Waals surface area contributed by atoms with E-state index in [4.69, 9.17) is 5.11 Å². The number of hydrogen-bond acceptors (Lipinski definition) is 2. The predicted octanol–water partition coefficient (Wildman–Crippen LogP) is 1.08. The highest BCUT2D eigenvalue weighted by atomic mass is 16.4. The molecular weight excluding hydrogens is 156 g/mol. The normalized spacial score (nSPS) is 39.0. The minimum Gasteiger partial charge on any atom is -0.481 e. The monoisotopic (exact) mass is 168 g/mol. The summed E-state index contributed by atoms with van der Waals surface area (Å²) >= 11 is 0. The largest absolute Gasteiger partial charge is 0.481 e. The van der Waals surface area contributed by atoms with Crippen LogP contribution >= 0.6 is 0 Å². The van der Waals surface area contributed by atoms with Gasteiger partial charge in [0, 0.05) is 18.8 Å². The van der Waals surface area contributed by atoms with E-state index in [1.165, 1.54) is 0 Å². The van der Waals surface area contributed by atoms with Crippen LogP contribution in [0.2, 0.25) is 0 Å². The molecule has 2 fully saturated rings. The van der Waals surface area contributed by atoms with Crippen LogP contribution in [0.25, 0.3) is 0 Å². The number of carbonyl (C=O) groups excluding carboxylic acids is 1. The molecule has 0 radical (unpaired) electrons. The molecule has 0 heterocycles. The molecule has 2 aliphatic rings. The first kappa shape index (κ1) is 7.77. The van der Waals surface area contributed by atoms with Gasteiger partial charge in [-0.2, -0.15) is 0 Å². The van der Waals surface area contributed by atoms with Crippen LogP contribution in [-0.2, 0) is 9.59 Å². The molecule has 0 aromatic rings. The minimum atomic E-state index is -0.764. The highest BCUT2D eigenvalue weighted by molar-refractivity contribution is 5.85. The van der Waals surface area contributed by atoms with E-state index in [0.717, 1.165) is 12.8 Å². The molecule has 2 rings (SSSR count). The summed E-state index contributed by atoms with van der Waals surface area (Å²) in [7, 11) is 0. The molecule has 3 atom stereocenters. The maximum absolute atomic E-state index is 11.2. The average molecular weight is 168 g/mol. The number of carbonyl (C=O) groups is 2. The minimum absolute atomic E-state index is 0.0890. The summed E-state index contributed by atoms with van der Waals surface area (Å²) in [6, 6.07) is 0. The quantitative estimate of drug-likeness (QED) is 0.671. The van der Waals surface area contributed by atoms with Crippen LogP contribution in [0.4, 0.5) is 0 Å². The Morgan fingerprint density at radius 1 is 1.50 bits per heavy atom. The van der Waals surface area contributed by atoms with Gasteiger partial charge < -0.3 is 5.11 Å². The molecule has 0 saturated heterocycles. The van der Waals surface area contributed by atoms with Gasteiger partial charge in [-0.05, 0) is 24.7 Å². The van der Waals surface area contributed by atoms with Crippen LogP contribution in [0, 0.1) is 17.8 Å². The Bertz CT molecular complexity index is 234. The SMILES string of the molecule is O=C(O)C[C@@H]1C[C@H]2CC(=O)[C@H]1C2. The second-order valence-corrected chi connectivity index (χ2v) is 3.97. The van der Waals surface area contributed by atoms with Crippen LogP contribution in [0.3, 0.4) is 0 Å². The third-order valence-electron chi connectivity index (χ3n) is 3.13. The van der Waals surface area contributed by atoms with Crippen molar-refractivity contribution in [1.82, 2.24) is 0 Å². The van der Waals surface area contributed by atoms with E-state index < -0.39 is 5.97 Å². The summed E-state index contributed by atoms with van der Waals surface area (Å²) in [6.07, 6.45) is 2.81. The third-order valence-corrected chi connectivity index (χ3v) is 3.13. The zero-order valence-corrected chi connectivity index (χ0v) is 6.82. The lowest BCUT2D eigenvalue weighted by atomic mass is 9.86. The molecule has 1 N–H and O–H groups in total. The van der Waals surface area contributed by atoms with Crippen molar-refractivity contribution < 1.29 is 14.7 Å². The van der Waals surface area contributed by atoms with E-state index in [1.54, 1.807) is 0 Å². The first-order valence-electron chi connectivity index (χ1n) is 4.41. The Morgan fingerprint density at radius 3 is 2.75 bits per heavy atom. The Balaban J connectivity index is 2.02. The molecule has 0 spiro atoms. The molecule has 66 valence electrons. The van der Waals surface area contributed by atoms with Crippen LogP contribution < -0.4 is 0 Å². The molecule has 2 saturated carbocycles. The fourth-order valence-corrected chi connectivity index (χ4v) is 2.69. The van der Waals surface area contributed by atoms with Crippen LogP contribution in [0.1, 0.15) is 25.7 Å². The average Bonchev–Trinajstić information content (AvgIpc) is 2.43. The molecule has 0 aromatic heterocycles. The fourth-order valence-electron chi connectivity index (χ4n) is 2.69. The molecule has 2 bridgehead atoms. The van der Waals surface area contributed by atoms with E-state index in [2.05, 4.69) is 0 Å². The van der Waals surface area contributed by atoms with Crippen molar-refractivity contribution in [2.75, 3.05) is 0 Å². The van der Waals surface area contributed by atoms with Gasteiger partial charge in [0.1, 0.15) is 5.78 Å². The molecule has 0 unspecified atom stereocenters. The summed E-state index contributed by atoms with van der Waals surface area (Å²) in [5.41, 5.74) is 0. The van der Waals surface area contributed by atoms with Crippen molar-refractivity contribution in [3.63, 3.8) is 0 Å². The third kappa shape index (κ3) is 1.13. The summed E-state index contributed by atoms with van der Waals surface area (Å²) in [5.74, 6) is 0.282. The smallest absolute Gasteiger partial charge is 0.303 e. The summed E-state index contributed by atoms with van der Waals surface area (Å²) < 4.78 is 0. The van der Waals surface area contributed by atoms with Crippen LogP contribution in [0.5, 0.6) is 0 Å². The molecule has 12 heavy (non-hydrogen) atoms.